The van der Waals surface area contributed by atoms with Crippen molar-refractivity contribution in [1.29, 1.82) is 0 Å². The molecule has 1 fully saturated rings. The third kappa shape index (κ3) is 3.42. The molecule has 0 radical (unpaired) electrons. The van der Waals surface area contributed by atoms with Crippen LogP contribution in [0.15, 0.2) is 34.9 Å². The summed E-state index contributed by atoms with van der Waals surface area (Å²) in [6, 6.07) is 9.01. The molecule has 1 N–H and O–H groups in total. The molecule has 3 rings (SSSR count). The van der Waals surface area contributed by atoms with E-state index >= 15 is 0 Å². The molecule has 2 aromatic rings. The van der Waals surface area contributed by atoms with E-state index in [1.165, 1.54) is 12.8 Å². The molecule has 0 aliphatic heterocycles. The van der Waals surface area contributed by atoms with E-state index in [4.69, 9.17) is 9.26 Å². The number of carbonyl (C=O) groups excluding carboxylic acids is 1. The van der Waals surface area contributed by atoms with Crippen molar-refractivity contribution in [3.63, 3.8) is 0 Å². The monoisotopic (exact) mass is 286 g/mol. The lowest BCUT2D eigenvalue weighted by molar-refractivity contribution is 0.101. The van der Waals surface area contributed by atoms with Crippen LogP contribution in [0.3, 0.4) is 0 Å². The highest BCUT2D eigenvalue weighted by molar-refractivity contribution is 6.02. The number of rotatable bonds is 4. The van der Waals surface area contributed by atoms with E-state index in [9.17, 15) is 4.79 Å². The molecule has 1 aliphatic rings. The normalized spacial score (nSPS) is 15.1. The Morgan fingerprint density at radius 1 is 1.29 bits per heavy atom. The molecule has 0 saturated heterocycles. The van der Waals surface area contributed by atoms with Crippen molar-refractivity contribution in [3.05, 3.63) is 41.8 Å². The summed E-state index contributed by atoms with van der Waals surface area (Å²) < 4.78 is 10.8. The van der Waals surface area contributed by atoms with Gasteiger partial charge in [-0.15, -0.1) is 0 Å². The van der Waals surface area contributed by atoms with E-state index in [2.05, 4.69) is 10.5 Å². The fourth-order valence-corrected chi connectivity index (χ4v) is 2.48. The van der Waals surface area contributed by atoms with Gasteiger partial charge in [0.05, 0.1) is 6.10 Å². The summed E-state index contributed by atoms with van der Waals surface area (Å²) in [5, 5.41) is 6.46. The zero-order chi connectivity index (χ0) is 14.7. The van der Waals surface area contributed by atoms with Gasteiger partial charge in [0.15, 0.2) is 5.69 Å². The number of aromatic nitrogens is 1. The van der Waals surface area contributed by atoms with Gasteiger partial charge < -0.3 is 14.6 Å². The Bertz CT molecular complexity index is 613. The van der Waals surface area contributed by atoms with Crippen molar-refractivity contribution in [2.45, 2.75) is 38.7 Å². The van der Waals surface area contributed by atoms with Crippen LogP contribution in [0.5, 0.6) is 5.75 Å². The van der Waals surface area contributed by atoms with E-state index in [1.54, 1.807) is 13.0 Å². The van der Waals surface area contributed by atoms with Gasteiger partial charge in [-0.25, -0.2) is 0 Å². The molecule has 110 valence electrons. The summed E-state index contributed by atoms with van der Waals surface area (Å²) in [6.45, 7) is 1.75. The second kappa shape index (κ2) is 5.99. The number of nitrogens with zero attached hydrogens (tertiary/aromatic N) is 1. The number of nitrogens with one attached hydrogen (secondary N) is 1. The Kier molecular flexibility index (Phi) is 3.90. The van der Waals surface area contributed by atoms with Crippen molar-refractivity contribution in [3.8, 4) is 5.75 Å². The Balaban J connectivity index is 1.60. The fraction of sp³-hybridized carbons (Fsp3) is 0.375. The molecule has 1 aliphatic carbocycles. The first-order valence-electron chi connectivity index (χ1n) is 7.22. The van der Waals surface area contributed by atoms with Gasteiger partial charge in [0.2, 0.25) is 0 Å². The van der Waals surface area contributed by atoms with Crippen LogP contribution in [0.25, 0.3) is 0 Å². The highest BCUT2D eigenvalue weighted by Crippen LogP contribution is 2.25. The minimum atomic E-state index is -0.281. The van der Waals surface area contributed by atoms with Crippen LogP contribution >= 0.6 is 0 Å². The van der Waals surface area contributed by atoms with Crippen molar-refractivity contribution in [1.82, 2.24) is 5.16 Å². The number of ether oxygens (including phenoxy) is 1. The predicted molar refractivity (Wildman–Crippen MR) is 78.5 cm³/mol. The predicted octanol–water partition coefficient (Wildman–Crippen LogP) is 3.56. The van der Waals surface area contributed by atoms with Crippen LogP contribution < -0.4 is 10.1 Å². The molecular weight excluding hydrogens is 268 g/mol. The summed E-state index contributed by atoms with van der Waals surface area (Å²) >= 11 is 0. The van der Waals surface area contributed by atoms with Gasteiger partial charge in [-0.05, 0) is 56.9 Å². The number of hydrogen-bond donors (Lipinski definition) is 1. The maximum atomic E-state index is 11.9. The van der Waals surface area contributed by atoms with Gasteiger partial charge in [0.25, 0.3) is 5.91 Å². The summed E-state index contributed by atoms with van der Waals surface area (Å²) in [4.78, 5) is 11.9. The molecular formula is C16H18N2O3. The van der Waals surface area contributed by atoms with Gasteiger partial charge in [-0.2, -0.15) is 0 Å². The second-order valence-corrected chi connectivity index (χ2v) is 5.33. The van der Waals surface area contributed by atoms with E-state index in [1.807, 2.05) is 24.3 Å². The SMILES string of the molecule is Cc1cc(C(=O)Nc2ccc(OC3CCCC3)cc2)no1. The second-order valence-electron chi connectivity index (χ2n) is 5.33. The first-order valence-corrected chi connectivity index (χ1v) is 7.22. The maximum absolute atomic E-state index is 11.9. The molecule has 1 aromatic heterocycles. The number of benzene rings is 1. The zero-order valence-electron chi connectivity index (χ0n) is 12.0. The van der Waals surface area contributed by atoms with Crippen molar-refractivity contribution >= 4 is 11.6 Å². The molecule has 1 heterocycles. The lowest BCUT2D eigenvalue weighted by atomic mass is 10.2. The number of anilines is 1. The number of hydrogen-bond acceptors (Lipinski definition) is 4. The average Bonchev–Trinajstić information content (AvgIpc) is 3.12. The highest BCUT2D eigenvalue weighted by atomic mass is 16.5. The van der Waals surface area contributed by atoms with Crippen LogP contribution in [-0.4, -0.2) is 17.2 Å². The lowest BCUT2D eigenvalue weighted by Crippen LogP contribution is -2.13. The van der Waals surface area contributed by atoms with Crippen LogP contribution in [0, 0.1) is 6.92 Å². The lowest BCUT2D eigenvalue weighted by Gasteiger charge is -2.13. The quantitative estimate of drug-likeness (QED) is 0.933. The Morgan fingerprint density at radius 3 is 2.62 bits per heavy atom. The largest absolute Gasteiger partial charge is 0.490 e. The molecule has 1 amide bonds. The third-order valence-electron chi connectivity index (χ3n) is 3.58. The molecule has 0 atom stereocenters. The van der Waals surface area contributed by atoms with Gasteiger partial charge in [0.1, 0.15) is 11.5 Å². The van der Waals surface area contributed by atoms with Gasteiger partial charge in [-0.1, -0.05) is 5.16 Å². The van der Waals surface area contributed by atoms with Crippen molar-refractivity contribution in [2.24, 2.45) is 0 Å². The molecule has 1 aromatic carbocycles. The van der Waals surface area contributed by atoms with Crippen LogP contribution in [-0.2, 0) is 0 Å². The van der Waals surface area contributed by atoms with E-state index in [0.29, 0.717) is 17.6 Å². The number of aryl methyl sites for hydroxylation is 1. The molecule has 1 saturated carbocycles. The summed E-state index contributed by atoms with van der Waals surface area (Å²) in [5.74, 6) is 1.17. The first-order chi connectivity index (χ1) is 10.2. The zero-order valence-corrected chi connectivity index (χ0v) is 12.0. The van der Waals surface area contributed by atoms with Crippen LogP contribution in [0.4, 0.5) is 5.69 Å². The first kappa shape index (κ1) is 13.7. The average molecular weight is 286 g/mol. The molecule has 21 heavy (non-hydrogen) atoms. The summed E-state index contributed by atoms with van der Waals surface area (Å²) in [5.41, 5.74) is 0.984. The minimum Gasteiger partial charge on any atom is -0.490 e. The summed E-state index contributed by atoms with van der Waals surface area (Å²) in [6.07, 6.45) is 5.09. The van der Waals surface area contributed by atoms with E-state index in [0.717, 1.165) is 18.6 Å². The number of carbonyl (C=O) groups is 1. The Labute approximate surface area is 123 Å². The number of amides is 1. The minimum absolute atomic E-state index is 0.277. The molecule has 0 spiro atoms. The van der Waals surface area contributed by atoms with Crippen molar-refractivity contribution < 1.29 is 14.1 Å². The Morgan fingerprint density at radius 2 is 2.00 bits per heavy atom. The molecule has 5 heteroatoms. The standard InChI is InChI=1S/C16H18N2O3/c1-11-10-15(18-21-11)16(19)17-12-6-8-14(9-7-12)20-13-4-2-3-5-13/h6-10,13H,2-5H2,1H3,(H,17,19). The van der Waals surface area contributed by atoms with E-state index in [-0.39, 0.29) is 11.6 Å². The Hall–Kier alpha value is -2.30. The fourth-order valence-electron chi connectivity index (χ4n) is 2.48. The molecule has 0 unspecified atom stereocenters. The van der Waals surface area contributed by atoms with Gasteiger partial charge in [0, 0.05) is 11.8 Å². The van der Waals surface area contributed by atoms with Gasteiger partial charge in [-0.3, -0.25) is 4.79 Å². The topological polar surface area (TPSA) is 64.4 Å². The molecule has 0 bridgehead atoms. The summed E-state index contributed by atoms with van der Waals surface area (Å²) in [7, 11) is 0. The van der Waals surface area contributed by atoms with E-state index < -0.39 is 0 Å². The van der Waals surface area contributed by atoms with Gasteiger partial charge >= 0.3 is 0 Å². The van der Waals surface area contributed by atoms with Crippen LogP contribution in [0.1, 0.15) is 41.9 Å². The third-order valence-corrected chi connectivity index (χ3v) is 3.58. The van der Waals surface area contributed by atoms with Crippen LogP contribution in [0.2, 0.25) is 0 Å². The van der Waals surface area contributed by atoms with Crippen molar-refractivity contribution in [2.75, 3.05) is 5.32 Å². The maximum Gasteiger partial charge on any atom is 0.277 e. The molecule has 5 nitrogen and oxygen atoms in total. The smallest absolute Gasteiger partial charge is 0.277 e. The highest BCUT2D eigenvalue weighted by Gasteiger charge is 2.16.